The van der Waals surface area contributed by atoms with Gasteiger partial charge in [-0.2, -0.15) is 9.36 Å². The third-order valence-corrected chi connectivity index (χ3v) is 6.96. The summed E-state index contributed by atoms with van der Waals surface area (Å²) in [6.45, 7) is 3.10. The Hall–Kier alpha value is -3.90. The molecule has 2 aromatic carbocycles. The molecule has 1 amide bonds. The fourth-order valence-corrected chi connectivity index (χ4v) is 4.71. The van der Waals surface area contributed by atoms with E-state index in [1.54, 1.807) is 25.1 Å². The Labute approximate surface area is 219 Å². The van der Waals surface area contributed by atoms with Gasteiger partial charge in [-0.15, -0.1) is 0 Å². The first-order chi connectivity index (χ1) is 18.3. The molecule has 11 nitrogen and oxygen atoms in total. The van der Waals surface area contributed by atoms with Crippen LogP contribution in [0, 0.1) is 5.82 Å². The number of ether oxygens (including phenoxy) is 2. The Kier molecular flexibility index (Phi) is 8.32. The van der Waals surface area contributed by atoms with Gasteiger partial charge in [-0.05, 0) is 54.5 Å². The van der Waals surface area contributed by atoms with Gasteiger partial charge in [0.1, 0.15) is 17.5 Å². The van der Waals surface area contributed by atoms with E-state index in [4.69, 9.17) is 9.47 Å². The summed E-state index contributed by atoms with van der Waals surface area (Å²) >= 11 is 0. The molecule has 0 N–H and O–H groups in total. The Morgan fingerprint density at radius 2 is 1.68 bits per heavy atom. The molecule has 1 fully saturated rings. The van der Waals surface area contributed by atoms with Gasteiger partial charge in [0.2, 0.25) is 0 Å². The molecule has 1 aliphatic heterocycles. The van der Waals surface area contributed by atoms with E-state index in [9.17, 15) is 18.8 Å². The van der Waals surface area contributed by atoms with E-state index in [-0.39, 0.29) is 30.8 Å². The van der Waals surface area contributed by atoms with Crippen LogP contribution in [-0.2, 0) is 25.6 Å². The fourth-order valence-electron chi connectivity index (χ4n) is 4.71. The number of hydrogen-bond acceptors (Lipinski definition) is 8. The summed E-state index contributed by atoms with van der Waals surface area (Å²) in [7, 11) is 2.63. The number of halogens is 1. The Bertz CT molecular complexity index is 1320. The van der Waals surface area contributed by atoms with Crippen molar-refractivity contribution in [3.05, 3.63) is 70.9 Å². The summed E-state index contributed by atoms with van der Waals surface area (Å²) < 4.78 is 27.9. The molecule has 1 saturated heterocycles. The highest BCUT2D eigenvalue weighted by Gasteiger charge is 2.51. The topological polar surface area (TPSA) is 112 Å². The van der Waals surface area contributed by atoms with E-state index in [0.29, 0.717) is 25.3 Å². The molecule has 1 aromatic heterocycles. The first-order valence-electron chi connectivity index (χ1n) is 12.3. The summed E-state index contributed by atoms with van der Waals surface area (Å²) in [4.78, 5) is 42.7. The molecule has 1 aliphatic rings. The number of esters is 1. The maximum atomic E-state index is 15.0. The number of para-hydroxylation sites is 2. The molecule has 2 heterocycles. The molecule has 0 radical (unpaired) electrons. The van der Waals surface area contributed by atoms with Crippen LogP contribution in [0.25, 0.3) is 5.69 Å². The van der Waals surface area contributed by atoms with Gasteiger partial charge in [-0.25, -0.2) is 14.0 Å². The zero-order chi connectivity index (χ0) is 27.3. The van der Waals surface area contributed by atoms with E-state index in [0.717, 1.165) is 0 Å². The minimum Gasteiger partial charge on any atom is -0.467 e. The highest BCUT2D eigenvalue weighted by Crippen LogP contribution is 2.36. The molecule has 202 valence electrons. The van der Waals surface area contributed by atoms with Gasteiger partial charge in [-0.3, -0.25) is 9.69 Å². The standard InChI is InChI=1S/C26H31FN6O5/c1-19(37-2)23(34)32(22-12-8-7-11-21(22)27)26(24(35)38-3)13-15-30(16-14-26)17-18-31-25(36)33(29-28-31)20-9-5-4-6-10-20/h4-12,19H,13-18H2,1-3H3. The monoisotopic (exact) mass is 526 g/mol. The summed E-state index contributed by atoms with van der Waals surface area (Å²) in [6, 6.07) is 14.8. The first-order valence-corrected chi connectivity index (χ1v) is 12.3. The smallest absolute Gasteiger partial charge is 0.368 e. The maximum absolute atomic E-state index is 15.0. The van der Waals surface area contributed by atoms with Gasteiger partial charge in [0.25, 0.3) is 5.91 Å². The molecule has 4 rings (SSSR count). The molecule has 12 heteroatoms. The number of rotatable bonds is 9. The van der Waals surface area contributed by atoms with Crippen molar-refractivity contribution in [1.82, 2.24) is 24.7 Å². The van der Waals surface area contributed by atoms with E-state index < -0.39 is 29.3 Å². The second-order valence-electron chi connectivity index (χ2n) is 9.10. The highest BCUT2D eigenvalue weighted by atomic mass is 19.1. The molecule has 1 unspecified atom stereocenters. The predicted octanol–water partition coefficient (Wildman–Crippen LogP) is 1.64. The van der Waals surface area contributed by atoms with Crippen molar-refractivity contribution in [1.29, 1.82) is 0 Å². The maximum Gasteiger partial charge on any atom is 0.368 e. The lowest BCUT2D eigenvalue weighted by molar-refractivity contribution is -0.152. The van der Waals surface area contributed by atoms with Crippen LogP contribution < -0.4 is 10.6 Å². The third kappa shape index (κ3) is 5.22. The summed E-state index contributed by atoms with van der Waals surface area (Å²) in [5.41, 5.74) is -1.18. The second kappa shape index (κ2) is 11.7. The van der Waals surface area contributed by atoms with Crippen LogP contribution in [0.4, 0.5) is 10.1 Å². The second-order valence-corrected chi connectivity index (χ2v) is 9.10. The average molecular weight is 527 g/mol. The number of hydrogen-bond donors (Lipinski definition) is 0. The van der Waals surface area contributed by atoms with E-state index >= 15 is 0 Å². The van der Waals surface area contributed by atoms with Crippen LogP contribution in [0.3, 0.4) is 0 Å². The minimum atomic E-state index is -1.43. The Balaban J connectivity index is 1.54. The number of methoxy groups -OCH3 is 2. The van der Waals surface area contributed by atoms with Gasteiger partial charge in [0, 0.05) is 26.7 Å². The van der Waals surface area contributed by atoms with Crippen molar-refractivity contribution in [3.8, 4) is 5.69 Å². The summed E-state index contributed by atoms with van der Waals surface area (Å²) in [5.74, 6) is -1.80. The zero-order valence-corrected chi connectivity index (χ0v) is 21.6. The minimum absolute atomic E-state index is 0.00988. The number of aromatic nitrogens is 4. The van der Waals surface area contributed by atoms with E-state index in [2.05, 4.69) is 15.3 Å². The van der Waals surface area contributed by atoms with Gasteiger partial charge < -0.3 is 14.4 Å². The number of anilines is 1. The van der Waals surface area contributed by atoms with Crippen LogP contribution in [-0.4, -0.2) is 82.1 Å². The van der Waals surface area contributed by atoms with Crippen LogP contribution in [0.15, 0.2) is 59.4 Å². The molecular formula is C26H31FN6O5. The normalized spacial score (nSPS) is 16.1. The Morgan fingerprint density at radius 3 is 2.32 bits per heavy atom. The number of likely N-dealkylation sites (tertiary alicyclic amines) is 1. The number of amides is 1. The van der Waals surface area contributed by atoms with Crippen LogP contribution in [0.1, 0.15) is 19.8 Å². The Morgan fingerprint density at radius 1 is 1.03 bits per heavy atom. The number of benzene rings is 2. The van der Waals surface area contributed by atoms with Crippen molar-refractivity contribution in [2.24, 2.45) is 0 Å². The van der Waals surface area contributed by atoms with Gasteiger partial charge >= 0.3 is 11.7 Å². The number of carbonyl (C=O) groups excluding carboxylic acids is 2. The number of tetrazole rings is 1. The lowest BCUT2D eigenvalue weighted by Crippen LogP contribution is -2.64. The average Bonchev–Trinajstić information content (AvgIpc) is 3.33. The molecular weight excluding hydrogens is 495 g/mol. The quantitative estimate of drug-likeness (QED) is 0.387. The molecule has 0 spiro atoms. The van der Waals surface area contributed by atoms with Crippen molar-refractivity contribution >= 4 is 17.6 Å². The van der Waals surface area contributed by atoms with Crippen molar-refractivity contribution in [2.45, 2.75) is 38.0 Å². The van der Waals surface area contributed by atoms with Crippen molar-refractivity contribution in [2.75, 3.05) is 38.8 Å². The van der Waals surface area contributed by atoms with Crippen molar-refractivity contribution in [3.63, 3.8) is 0 Å². The van der Waals surface area contributed by atoms with Crippen LogP contribution >= 0.6 is 0 Å². The van der Waals surface area contributed by atoms with Crippen LogP contribution in [0.5, 0.6) is 0 Å². The molecule has 1 atom stereocenters. The summed E-state index contributed by atoms with van der Waals surface area (Å²) in [6.07, 6.45) is -0.517. The SMILES string of the molecule is COC(=O)C1(N(C(=O)C(C)OC)c2ccccc2F)CCN(CCn2nnn(-c3ccccc3)c2=O)CC1. The largest absolute Gasteiger partial charge is 0.467 e. The van der Waals surface area contributed by atoms with Gasteiger partial charge in [0.05, 0.1) is 25.0 Å². The van der Waals surface area contributed by atoms with Gasteiger partial charge in [0.15, 0.2) is 0 Å². The fraction of sp³-hybridized carbons (Fsp3) is 0.423. The molecule has 0 aliphatic carbocycles. The number of nitrogens with zero attached hydrogens (tertiary/aromatic N) is 6. The molecule has 3 aromatic rings. The summed E-state index contributed by atoms with van der Waals surface area (Å²) in [5, 5.41) is 7.95. The molecule has 0 bridgehead atoms. The van der Waals surface area contributed by atoms with Crippen LogP contribution in [0.2, 0.25) is 0 Å². The number of piperidine rings is 1. The predicted molar refractivity (Wildman–Crippen MR) is 136 cm³/mol. The van der Waals surface area contributed by atoms with Crippen molar-refractivity contribution < 1.29 is 23.5 Å². The molecule has 0 saturated carbocycles. The lowest BCUT2D eigenvalue weighted by atomic mass is 9.84. The van der Waals surface area contributed by atoms with Gasteiger partial charge in [-0.1, -0.05) is 30.3 Å². The molecule has 38 heavy (non-hydrogen) atoms. The van der Waals surface area contributed by atoms with E-state index in [1.807, 2.05) is 18.2 Å². The van der Waals surface area contributed by atoms with E-state index in [1.165, 1.54) is 46.7 Å². The highest BCUT2D eigenvalue weighted by molar-refractivity contribution is 6.04. The number of carbonyl (C=O) groups is 2. The zero-order valence-electron chi connectivity index (χ0n) is 21.6. The first kappa shape index (κ1) is 27.1. The third-order valence-electron chi connectivity index (χ3n) is 6.96. The lowest BCUT2D eigenvalue weighted by Gasteiger charge is -2.47.